The Kier molecular flexibility index (Phi) is 6.40. The molecule has 1 rings (SSSR count). The molecule has 0 aliphatic heterocycles. The fourth-order valence-corrected chi connectivity index (χ4v) is 4.33. The third-order valence-electron chi connectivity index (χ3n) is 2.29. The van der Waals surface area contributed by atoms with Gasteiger partial charge in [-0.05, 0) is 31.1 Å². The van der Waals surface area contributed by atoms with E-state index >= 15 is 0 Å². The van der Waals surface area contributed by atoms with Crippen LogP contribution >= 0.6 is 42.2 Å². The topological polar surface area (TPSA) is 9.23 Å². The van der Waals surface area contributed by atoms with Crippen molar-refractivity contribution in [1.29, 1.82) is 0 Å². The molecule has 0 aliphatic carbocycles. The van der Waals surface area contributed by atoms with E-state index in [1.165, 1.54) is 4.90 Å². The minimum atomic E-state index is -1.14. The van der Waals surface area contributed by atoms with Crippen molar-refractivity contribution in [3.8, 4) is 0 Å². The predicted molar refractivity (Wildman–Crippen MR) is 81.2 cm³/mol. The van der Waals surface area contributed by atoms with E-state index in [0.717, 1.165) is 17.1 Å². The molecular formula is C12H18Br2OS. The Balaban J connectivity index is 2.70. The zero-order valence-electron chi connectivity index (χ0n) is 9.66. The second-order valence-electron chi connectivity index (χ2n) is 3.90. The number of hydrogen-bond acceptors (Lipinski definition) is 1. The van der Waals surface area contributed by atoms with Crippen molar-refractivity contribution in [2.75, 3.05) is 23.2 Å². The Bertz CT molecular complexity index is 303. The molecule has 0 bridgehead atoms. The number of benzene rings is 1. The van der Waals surface area contributed by atoms with Crippen LogP contribution in [0.2, 0.25) is 0 Å². The number of hydrogen-bond donors (Lipinski definition) is 0. The summed E-state index contributed by atoms with van der Waals surface area (Å²) < 4.78 is 6.22. The van der Waals surface area contributed by atoms with E-state index in [4.69, 9.17) is 4.18 Å². The highest BCUT2D eigenvalue weighted by Crippen LogP contribution is 2.51. The van der Waals surface area contributed by atoms with E-state index in [1.807, 2.05) is 6.07 Å². The quantitative estimate of drug-likeness (QED) is 0.666. The van der Waals surface area contributed by atoms with Gasteiger partial charge >= 0.3 is 0 Å². The molecule has 0 radical (unpaired) electrons. The summed E-state index contributed by atoms with van der Waals surface area (Å²) in [4.78, 5) is 1.30. The van der Waals surface area contributed by atoms with Crippen LogP contribution in [0.3, 0.4) is 0 Å². The molecule has 0 saturated carbocycles. The Morgan fingerprint density at radius 2 is 1.81 bits per heavy atom. The molecule has 0 aliphatic rings. The summed E-state index contributed by atoms with van der Waals surface area (Å²) in [5.41, 5.74) is 0. The fraction of sp³-hybridized carbons (Fsp3) is 0.500. The van der Waals surface area contributed by atoms with Crippen molar-refractivity contribution in [1.82, 2.24) is 0 Å². The molecule has 0 fully saturated rings. The van der Waals surface area contributed by atoms with E-state index in [-0.39, 0.29) is 6.10 Å². The van der Waals surface area contributed by atoms with E-state index in [1.54, 1.807) is 0 Å². The molecule has 0 heterocycles. The van der Waals surface area contributed by atoms with Crippen molar-refractivity contribution < 1.29 is 4.18 Å². The lowest BCUT2D eigenvalue weighted by Crippen LogP contribution is -2.17. The molecule has 92 valence electrons. The van der Waals surface area contributed by atoms with Crippen LogP contribution in [-0.2, 0) is 4.18 Å². The largest absolute Gasteiger partial charge is 0.329 e. The van der Waals surface area contributed by atoms with Crippen molar-refractivity contribution in [3.63, 3.8) is 0 Å². The maximum atomic E-state index is 6.22. The van der Waals surface area contributed by atoms with E-state index in [0.29, 0.717) is 0 Å². The smallest absolute Gasteiger partial charge is 0.0809 e. The summed E-state index contributed by atoms with van der Waals surface area (Å²) in [5, 5.41) is 1.87. The van der Waals surface area contributed by atoms with Crippen LogP contribution in [0.25, 0.3) is 0 Å². The Hall–Kier alpha value is 0.490. The first-order valence-corrected chi connectivity index (χ1v) is 9.80. The lowest BCUT2D eigenvalue weighted by atomic mass is 10.3. The lowest BCUT2D eigenvalue weighted by Gasteiger charge is -2.35. The van der Waals surface area contributed by atoms with Gasteiger partial charge in [0.25, 0.3) is 0 Å². The number of rotatable bonds is 6. The molecule has 1 atom stereocenters. The number of halogens is 2. The zero-order chi connectivity index (χ0) is 12.0. The Labute approximate surface area is 117 Å². The van der Waals surface area contributed by atoms with Crippen molar-refractivity contribution >= 4 is 42.2 Å². The maximum Gasteiger partial charge on any atom is 0.0809 e. The Morgan fingerprint density at radius 3 is 2.31 bits per heavy atom. The first-order valence-electron chi connectivity index (χ1n) is 5.18. The summed E-state index contributed by atoms with van der Waals surface area (Å²) in [6, 6.07) is 10.5. The maximum absolute atomic E-state index is 6.22. The van der Waals surface area contributed by atoms with Gasteiger partial charge in [0.15, 0.2) is 0 Å². The van der Waals surface area contributed by atoms with Crippen molar-refractivity contribution in [2.45, 2.75) is 17.4 Å². The van der Waals surface area contributed by atoms with Crippen molar-refractivity contribution in [3.05, 3.63) is 30.3 Å². The molecule has 0 aromatic heterocycles. The third-order valence-corrected chi connectivity index (χ3v) is 5.63. The second kappa shape index (κ2) is 7.04. The van der Waals surface area contributed by atoms with Crippen LogP contribution < -0.4 is 0 Å². The molecular weight excluding hydrogens is 352 g/mol. The average molecular weight is 370 g/mol. The normalized spacial score (nSPS) is 14.8. The van der Waals surface area contributed by atoms with E-state index in [2.05, 4.69) is 68.6 Å². The molecule has 16 heavy (non-hydrogen) atoms. The minimum Gasteiger partial charge on any atom is -0.329 e. The zero-order valence-corrected chi connectivity index (χ0v) is 13.6. The molecule has 4 heteroatoms. The highest BCUT2D eigenvalue weighted by Gasteiger charge is 2.20. The summed E-state index contributed by atoms with van der Waals surface area (Å²) in [5.74, 6) is 0. The van der Waals surface area contributed by atoms with Gasteiger partial charge in [0, 0.05) is 15.6 Å². The molecule has 1 unspecified atom stereocenters. The van der Waals surface area contributed by atoms with Gasteiger partial charge in [0.1, 0.15) is 0 Å². The van der Waals surface area contributed by atoms with E-state index in [9.17, 15) is 0 Å². The number of alkyl halides is 2. The second-order valence-corrected chi connectivity index (χ2v) is 8.47. The van der Waals surface area contributed by atoms with Gasteiger partial charge in [0.05, 0.1) is 6.10 Å². The van der Waals surface area contributed by atoms with Crippen LogP contribution in [0.15, 0.2) is 35.2 Å². The van der Waals surface area contributed by atoms with Crippen LogP contribution in [0.1, 0.15) is 6.42 Å². The highest BCUT2D eigenvalue weighted by molar-refractivity contribution is 9.09. The molecule has 1 nitrogen and oxygen atoms in total. The SMILES string of the molecule is CS(C)(OC(CBr)CCBr)c1ccccc1. The molecule has 0 saturated heterocycles. The van der Waals surface area contributed by atoms with Gasteiger partial charge in [-0.25, -0.2) is 0 Å². The summed E-state index contributed by atoms with van der Waals surface area (Å²) in [7, 11) is -1.14. The summed E-state index contributed by atoms with van der Waals surface area (Å²) in [6.45, 7) is 0. The van der Waals surface area contributed by atoms with Gasteiger partial charge < -0.3 is 4.18 Å². The molecule has 1 aromatic rings. The van der Waals surface area contributed by atoms with Crippen LogP contribution in [-0.4, -0.2) is 29.3 Å². The molecule has 1 aromatic carbocycles. The first-order chi connectivity index (χ1) is 7.60. The average Bonchev–Trinajstić information content (AvgIpc) is 2.29. The van der Waals surface area contributed by atoms with E-state index < -0.39 is 10.3 Å². The van der Waals surface area contributed by atoms with Gasteiger partial charge in [-0.1, -0.05) is 50.1 Å². The summed E-state index contributed by atoms with van der Waals surface area (Å²) in [6.07, 6.45) is 5.72. The monoisotopic (exact) mass is 368 g/mol. The molecule has 0 N–H and O–H groups in total. The van der Waals surface area contributed by atoms with Crippen molar-refractivity contribution in [2.24, 2.45) is 0 Å². The van der Waals surface area contributed by atoms with Gasteiger partial charge in [-0.15, -0.1) is 10.3 Å². The molecule has 0 spiro atoms. The molecule has 0 amide bonds. The minimum absolute atomic E-state index is 0.282. The predicted octanol–water partition coefficient (Wildman–Crippen LogP) is 4.59. The Morgan fingerprint density at radius 1 is 1.19 bits per heavy atom. The van der Waals surface area contributed by atoms with Gasteiger partial charge in [0.2, 0.25) is 0 Å². The highest BCUT2D eigenvalue weighted by atomic mass is 79.9. The van der Waals surface area contributed by atoms with Gasteiger partial charge in [-0.3, -0.25) is 0 Å². The fourth-order valence-electron chi connectivity index (χ4n) is 1.42. The standard InChI is InChI=1S/C12H18Br2OS/c1-16(2,12-6-4-3-5-7-12)15-11(10-14)8-9-13/h3-7,11H,8-10H2,1-2H3. The van der Waals surface area contributed by atoms with Crippen LogP contribution in [0.4, 0.5) is 0 Å². The first kappa shape index (κ1) is 14.6. The van der Waals surface area contributed by atoms with Crippen LogP contribution in [0.5, 0.6) is 0 Å². The summed E-state index contributed by atoms with van der Waals surface area (Å²) >= 11 is 6.97. The third kappa shape index (κ3) is 4.40. The lowest BCUT2D eigenvalue weighted by molar-refractivity contribution is 0.257. The van der Waals surface area contributed by atoms with Crippen LogP contribution in [0, 0.1) is 0 Å². The van der Waals surface area contributed by atoms with Gasteiger partial charge in [-0.2, -0.15) is 0 Å².